The number of ether oxygens (including phenoxy) is 3. The van der Waals surface area contributed by atoms with Gasteiger partial charge in [-0.1, -0.05) is 38.8 Å². The van der Waals surface area contributed by atoms with Crippen LogP contribution in [-0.2, 0) is 14.3 Å². The highest BCUT2D eigenvalue weighted by atomic mass is 16.5. The molecule has 1 aromatic carbocycles. The van der Waals surface area contributed by atoms with Crippen molar-refractivity contribution in [3.8, 4) is 5.75 Å². The van der Waals surface area contributed by atoms with Crippen LogP contribution in [0.1, 0.15) is 71.6 Å². The highest BCUT2D eigenvalue weighted by Gasteiger charge is 2.06. The maximum Gasteiger partial charge on any atom is 0.305 e. The van der Waals surface area contributed by atoms with Gasteiger partial charge in [0.25, 0.3) is 0 Å². The molecule has 1 aliphatic carbocycles. The zero-order valence-corrected chi connectivity index (χ0v) is 20.2. The number of anilines is 1. The van der Waals surface area contributed by atoms with Crippen molar-refractivity contribution in [2.24, 2.45) is 0 Å². The lowest BCUT2D eigenvalue weighted by Gasteiger charge is -2.14. The second kappa shape index (κ2) is 16.9. The van der Waals surface area contributed by atoms with Gasteiger partial charge in [-0.15, -0.1) is 0 Å². The smallest absolute Gasteiger partial charge is 0.305 e. The Kier molecular flexibility index (Phi) is 13.6. The molecule has 0 bridgehead atoms. The standard InChI is InChI=1S/C27H39N2O4/c1-3-5-6-9-20-31-25-16-12-23(13-17-25)28-29-24-14-18-26(19-15-24)32-21-10-7-8-11-22-33-27(30)4-2/h12,14-19,28-29H,3-11,20-22H2,1-2H3. The highest BCUT2D eigenvalue weighted by molar-refractivity contribution is 5.68. The third-order valence-electron chi connectivity index (χ3n) is 5.11. The van der Waals surface area contributed by atoms with Crippen LogP contribution < -0.4 is 15.6 Å². The van der Waals surface area contributed by atoms with Crippen molar-refractivity contribution in [2.45, 2.75) is 71.6 Å². The SMILES string of the molecule is CCCCCCO[C]1C=C=C(NNc2ccc(OCCCCCCOC(=O)CC)cc2)C=C1. The summed E-state index contributed by atoms with van der Waals surface area (Å²) in [5.74, 6) is 0.727. The maximum atomic E-state index is 11.1. The lowest BCUT2D eigenvalue weighted by molar-refractivity contribution is -0.143. The average molecular weight is 456 g/mol. The average Bonchev–Trinajstić information content (AvgIpc) is 2.85. The Hall–Kier alpha value is -2.69. The molecule has 1 aliphatic rings. The van der Waals surface area contributed by atoms with Gasteiger partial charge in [-0.25, -0.2) is 0 Å². The first kappa shape index (κ1) is 26.6. The van der Waals surface area contributed by atoms with Gasteiger partial charge in [0.05, 0.1) is 24.6 Å². The molecule has 0 spiro atoms. The first-order valence-electron chi connectivity index (χ1n) is 12.3. The van der Waals surface area contributed by atoms with Gasteiger partial charge in [-0.3, -0.25) is 10.2 Å². The highest BCUT2D eigenvalue weighted by Crippen LogP contribution is 2.17. The predicted molar refractivity (Wildman–Crippen MR) is 132 cm³/mol. The Morgan fingerprint density at radius 1 is 0.818 bits per heavy atom. The number of carbonyl (C=O) groups excluding carboxylic acids is 1. The summed E-state index contributed by atoms with van der Waals surface area (Å²) in [6.45, 7) is 5.97. The molecule has 0 amide bonds. The van der Waals surface area contributed by atoms with E-state index in [1.807, 2.05) is 49.4 Å². The van der Waals surface area contributed by atoms with Crippen LogP contribution in [-0.4, -0.2) is 25.8 Å². The summed E-state index contributed by atoms with van der Waals surface area (Å²) in [4.78, 5) is 11.1. The molecule has 0 unspecified atom stereocenters. The molecule has 1 radical (unpaired) electrons. The Balaban J connectivity index is 1.56. The van der Waals surface area contributed by atoms with Crippen LogP contribution in [0.3, 0.4) is 0 Å². The topological polar surface area (TPSA) is 68.8 Å². The van der Waals surface area contributed by atoms with Crippen LogP contribution in [0, 0.1) is 6.10 Å². The molecular weight excluding hydrogens is 416 g/mol. The van der Waals surface area contributed by atoms with E-state index in [-0.39, 0.29) is 5.97 Å². The molecule has 0 saturated carbocycles. The monoisotopic (exact) mass is 455 g/mol. The van der Waals surface area contributed by atoms with Gasteiger partial charge in [0.1, 0.15) is 11.9 Å². The summed E-state index contributed by atoms with van der Waals surface area (Å²) < 4.78 is 16.6. The van der Waals surface area contributed by atoms with E-state index in [0.29, 0.717) is 19.6 Å². The van der Waals surface area contributed by atoms with Crippen molar-refractivity contribution in [2.75, 3.05) is 25.2 Å². The van der Waals surface area contributed by atoms with Crippen molar-refractivity contribution in [3.63, 3.8) is 0 Å². The van der Waals surface area contributed by atoms with Gasteiger partial charge in [0.2, 0.25) is 0 Å². The summed E-state index contributed by atoms with van der Waals surface area (Å²) in [7, 11) is 0. The number of esters is 1. The number of hydrogen-bond acceptors (Lipinski definition) is 6. The third-order valence-corrected chi connectivity index (χ3v) is 5.11. The molecule has 0 aliphatic heterocycles. The quantitative estimate of drug-likeness (QED) is 0.118. The van der Waals surface area contributed by atoms with Crippen LogP contribution in [0.4, 0.5) is 5.69 Å². The van der Waals surface area contributed by atoms with Crippen molar-refractivity contribution in [1.82, 2.24) is 5.43 Å². The third kappa shape index (κ3) is 12.2. The van der Waals surface area contributed by atoms with Gasteiger partial charge in [-0.2, -0.15) is 0 Å². The summed E-state index contributed by atoms with van der Waals surface area (Å²) >= 11 is 0. The van der Waals surface area contributed by atoms with E-state index < -0.39 is 0 Å². The first-order valence-corrected chi connectivity index (χ1v) is 12.3. The second-order valence-electron chi connectivity index (χ2n) is 7.96. The predicted octanol–water partition coefficient (Wildman–Crippen LogP) is 6.23. The van der Waals surface area contributed by atoms with E-state index >= 15 is 0 Å². The molecular formula is C27H39N2O4. The molecule has 33 heavy (non-hydrogen) atoms. The van der Waals surface area contributed by atoms with Gasteiger partial charge < -0.3 is 19.6 Å². The summed E-state index contributed by atoms with van der Waals surface area (Å²) in [6.07, 6.45) is 15.8. The number of nitrogens with one attached hydrogen (secondary N) is 2. The molecule has 1 aromatic rings. The fourth-order valence-electron chi connectivity index (χ4n) is 3.11. The maximum absolute atomic E-state index is 11.1. The normalized spacial score (nSPS) is 13.0. The zero-order valence-electron chi connectivity index (χ0n) is 20.2. The largest absolute Gasteiger partial charge is 0.494 e. The molecule has 6 heteroatoms. The number of unbranched alkanes of at least 4 members (excludes halogenated alkanes) is 6. The van der Waals surface area contributed by atoms with E-state index in [1.165, 1.54) is 19.3 Å². The van der Waals surface area contributed by atoms with Gasteiger partial charge in [0.15, 0.2) is 0 Å². The lowest BCUT2D eigenvalue weighted by atomic mass is 10.2. The zero-order chi connectivity index (χ0) is 23.6. The fourth-order valence-corrected chi connectivity index (χ4v) is 3.11. The number of rotatable bonds is 18. The van der Waals surface area contributed by atoms with E-state index in [2.05, 4.69) is 23.5 Å². The number of hydrogen-bond donors (Lipinski definition) is 2. The van der Waals surface area contributed by atoms with Crippen LogP contribution in [0.15, 0.2) is 53.9 Å². The van der Waals surface area contributed by atoms with E-state index in [9.17, 15) is 4.79 Å². The van der Waals surface area contributed by atoms with Crippen molar-refractivity contribution in [3.05, 3.63) is 60.0 Å². The molecule has 181 valence electrons. The van der Waals surface area contributed by atoms with E-state index in [0.717, 1.165) is 61.9 Å². The van der Waals surface area contributed by atoms with Crippen LogP contribution >= 0.6 is 0 Å². The molecule has 0 saturated heterocycles. The summed E-state index contributed by atoms with van der Waals surface area (Å²) in [5, 5.41) is 0. The van der Waals surface area contributed by atoms with Gasteiger partial charge >= 0.3 is 5.97 Å². The van der Waals surface area contributed by atoms with Gasteiger partial charge in [0, 0.05) is 13.0 Å². The minimum Gasteiger partial charge on any atom is -0.494 e. The Bertz CT molecular complexity index is 767. The van der Waals surface area contributed by atoms with Crippen molar-refractivity contribution >= 4 is 11.7 Å². The van der Waals surface area contributed by atoms with Crippen molar-refractivity contribution in [1.29, 1.82) is 0 Å². The molecule has 0 aromatic heterocycles. The molecule has 2 N–H and O–H groups in total. The fraction of sp³-hybridized carbons (Fsp3) is 0.519. The van der Waals surface area contributed by atoms with E-state index in [4.69, 9.17) is 14.2 Å². The molecule has 0 atom stereocenters. The second-order valence-corrected chi connectivity index (χ2v) is 7.96. The Morgan fingerprint density at radius 2 is 1.52 bits per heavy atom. The molecule has 6 nitrogen and oxygen atoms in total. The van der Waals surface area contributed by atoms with Crippen molar-refractivity contribution < 1.29 is 19.0 Å². The first-order chi connectivity index (χ1) is 16.2. The number of carbonyl (C=O) groups is 1. The van der Waals surface area contributed by atoms with Crippen LogP contribution in [0.5, 0.6) is 5.75 Å². The summed E-state index contributed by atoms with van der Waals surface area (Å²) in [5.41, 5.74) is 11.3. The summed E-state index contributed by atoms with van der Waals surface area (Å²) in [6, 6.07) is 7.84. The van der Waals surface area contributed by atoms with Crippen LogP contribution in [0.25, 0.3) is 0 Å². The number of benzene rings is 1. The minimum absolute atomic E-state index is 0.124. The van der Waals surface area contributed by atoms with Gasteiger partial charge in [-0.05, 0) is 74.6 Å². The van der Waals surface area contributed by atoms with E-state index in [1.54, 1.807) is 0 Å². The molecule has 0 fully saturated rings. The minimum atomic E-state index is -0.124. The Labute approximate surface area is 199 Å². The molecule has 2 rings (SSSR count). The van der Waals surface area contributed by atoms with Crippen LogP contribution in [0.2, 0.25) is 0 Å². The number of hydrazine groups is 1. The lowest BCUT2D eigenvalue weighted by Crippen LogP contribution is -2.20. The Morgan fingerprint density at radius 3 is 2.18 bits per heavy atom. The molecule has 0 heterocycles.